The Balaban J connectivity index is 6.34. The zero-order chi connectivity index (χ0) is 29.7. The smallest absolute Gasteiger partial charge is 0.466 e. The number of hydrogen-bond acceptors (Lipinski definition) is 7. The van der Waals surface area contributed by atoms with Crippen molar-refractivity contribution in [3.05, 3.63) is 12.2 Å². The van der Waals surface area contributed by atoms with E-state index >= 15 is 0 Å². The van der Waals surface area contributed by atoms with Gasteiger partial charge in [0.05, 0.1) is 6.61 Å². The van der Waals surface area contributed by atoms with Gasteiger partial charge in [0.25, 0.3) is 0 Å². The minimum atomic E-state index is -6.93. The molecule has 0 aliphatic heterocycles. The van der Waals surface area contributed by atoms with Gasteiger partial charge in [0.1, 0.15) is 5.57 Å². The summed E-state index contributed by atoms with van der Waals surface area (Å²) in [5, 5.41) is -6.19. The number of rotatable bonds is 14. The third-order valence-electron chi connectivity index (χ3n) is 4.43. The average molecular weight is 586 g/mol. The van der Waals surface area contributed by atoms with Crippen molar-refractivity contribution in [1.29, 1.82) is 0 Å². The van der Waals surface area contributed by atoms with E-state index in [1.54, 1.807) is 0 Å². The molecule has 19 heteroatoms. The van der Waals surface area contributed by atoms with Crippen LogP contribution in [0.4, 0.5) is 43.9 Å². The van der Waals surface area contributed by atoms with Gasteiger partial charge in [-0.15, -0.1) is 0 Å². The predicted molar refractivity (Wildman–Crippen MR) is 102 cm³/mol. The lowest BCUT2D eigenvalue weighted by Gasteiger charge is -2.37. The second kappa shape index (κ2) is 12.1. The van der Waals surface area contributed by atoms with Gasteiger partial charge in [-0.05, 0) is 19.3 Å². The molecule has 0 heterocycles. The van der Waals surface area contributed by atoms with Crippen LogP contribution in [0.15, 0.2) is 12.2 Å². The monoisotopic (exact) mass is 586 g/mol. The Morgan fingerprint density at radius 3 is 1.73 bits per heavy atom. The summed E-state index contributed by atoms with van der Waals surface area (Å²) in [4.78, 5) is 25.0. The molecular weight excluding hydrogens is 564 g/mol. The van der Waals surface area contributed by atoms with Gasteiger partial charge in [0.15, 0.2) is 10.1 Å². The number of alkyl halides is 10. The Morgan fingerprint density at radius 2 is 1.38 bits per heavy atom. The van der Waals surface area contributed by atoms with Crippen molar-refractivity contribution >= 4 is 22.0 Å². The second-order valence-electron chi connectivity index (χ2n) is 7.40. The molecule has 0 aliphatic rings. The van der Waals surface area contributed by atoms with Crippen LogP contribution in [0.25, 0.3) is 0 Å². The first-order chi connectivity index (χ1) is 16.4. The van der Waals surface area contributed by atoms with Gasteiger partial charge in [-0.3, -0.25) is 4.79 Å². The number of amides is 1. The van der Waals surface area contributed by atoms with Crippen LogP contribution in [0.2, 0.25) is 0 Å². The molecule has 1 amide bonds. The molecule has 0 rings (SSSR count). The van der Waals surface area contributed by atoms with Crippen LogP contribution in [0.3, 0.4) is 0 Å². The highest BCUT2D eigenvalue weighted by atomic mass is 32.2. The minimum Gasteiger partial charge on any atom is -0.743 e. The molecule has 0 aromatic rings. The first kappa shape index (κ1) is 34.9. The zero-order valence-electron chi connectivity index (χ0n) is 19.1. The average Bonchev–Trinajstić information content (AvgIpc) is 2.72. The second-order valence-corrected chi connectivity index (χ2v) is 8.82. The van der Waals surface area contributed by atoms with Gasteiger partial charge in [-0.1, -0.05) is 20.4 Å². The molecule has 0 saturated heterocycles. The van der Waals surface area contributed by atoms with E-state index in [0.717, 1.165) is 0 Å². The summed E-state index contributed by atoms with van der Waals surface area (Å²) < 4.78 is 173. The van der Waals surface area contributed by atoms with Crippen molar-refractivity contribution in [2.75, 3.05) is 19.7 Å². The first-order valence-corrected chi connectivity index (χ1v) is 11.5. The van der Waals surface area contributed by atoms with Crippen LogP contribution in [0.1, 0.15) is 39.5 Å². The molecule has 218 valence electrons. The molecule has 0 fully saturated rings. The van der Waals surface area contributed by atoms with Crippen LogP contribution in [-0.4, -0.2) is 78.8 Å². The lowest BCUT2D eigenvalue weighted by molar-refractivity contribution is -0.351. The lowest BCUT2D eigenvalue weighted by Crippen LogP contribution is -2.63. The van der Waals surface area contributed by atoms with E-state index in [1.807, 2.05) is 0 Å². The summed E-state index contributed by atoms with van der Waals surface area (Å²) in [5.74, 6) is -15.6. The maximum atomic E-state index is 14.0. The maximum absolute atomic E-state index is 14.0. The molecular formula is C18H22F10NO7S-. The fourth-order valence-electron chi connectivity index (χ4n) is 2.61. The first-order valence-electron chi connectivity index (χ1n) is 10.1. The van der Waals surface area contributed by atoms with E-state index < -0.39 is 89.4 Å². The van der Waals surface area contributed by atoms with E-state index in [-0.39, 0.29) is 12.8 Å². The topological polar surface area (TPSA) is 113 Å². The number of ether oxygens (including phenoxy) is 2. The zero-order valence-corrected chi connectivity index (χ0v) is 20.0. The SMILES string of the molecule is C=C(C(=O)OC(OCCCC(F)(F)C(F)(F)S(=O)(=O)[O-])(C(=O)N(CCC)CCC)C(F)(F)F)C(F)(F)F. The van der Waals surface area contributed by atoms with Crippen molar-refractivity contribution in [1.82, 2.24) is 4.90 Å². The van der Waals surface area contributed by atoms with Crippen LogP contribution in [0, 0.1) is 0 Å². The van der Waals surface area contributed by atoms with Gasteiger partial charge < -0.3 is 18.9 Å². The third kappa shape index (κ3) is 8.17. The van der Waals surface area contributed by atoms with Crippen LogP contribution < -0.4 is 0 Å². The number of hydrogen-bond donors (Lipinski definition) is 0. The van der Waals surface area contributed by atoms with Crippen molar-refractivity contribution in [2.45, 2.75) is 68.8 Å². The fourth-order valence-corrected chi connectivity index (χ4v) is 3.07. The highest BCUT2D eigenvalue weighted by molar-refractivity contribution is 7.86. The fraction of sp³-hybridized carbons (Fsp3) is 0.778. The standard InChI is InChI=1S/C18H23F10NO7S/c1-4-8-29(9-5-2)13(31)15(17(24,25)26,36-12(30)11(3)16(21,22)23)35-10-6-7-14(19,20)18(27,28)37(32,33)34/h3-10H2,1-2H3,(H,32,33,34)/p-1. The summed E-state index contributed by atoms with van der Waals surface area (Å²) in [7, 11) is -6.93. The van der Waals surface area contributed by atoms with Gasteiger partial charge >= 0.3 is 41.2 Å². The predicted octanol–water partition coefficient (Wildman–Crippen LogP) is 4.13. The molecule has 0 N–H and O–H groups in total. The summed E-state index contributed by atoms with van der Waals surface area (Å²) in [5.41, 5.74) is -2.50. The minimum absolute atomic E-state index is 0.00609. The lowest BCUT2D eigenvalue weighted by atomic mass is 10.1. The van der Waals surface area contributed by atoms with Crippen molar-refractivity contribution in [3.63, 3.8) is 0 Å². The molecule has 0 aliphatic carbocycles. The van der Waals surface area contributed by atoms with Crippen molar-refractivity contribution < 1.29 is 75.9 Å². The Hall–Kier alpha value is -2.15. The summed E-state index contributed by atoms with van der Waals surface area (Å²) in [6, 6.07) is 0. The summed E-state index contributed by atoms with van der Waals surface area (Å²) in [6.45, 7) is 2.28. The largest absolute Gasteiger partial charge is 0.743 e. The molecule has 0 radical (unpaired) electrons. The number of nitrogens with zero attached hydrogens (tertiary/aromatic N) is 1. The van der Waals surface area contributed by atoms with Crippen molar-refractivity contribution in [2.24, 2.45) is 0 Å². The molecule has 0 aromatic heterocycles. The quantitative estimate of drug-likeness (QED) is 0.0752. The van der Waals surface area contributed by atoms with Gasteiger partial charge in [-0.2, -0.15) is 43.9 Å². The van der Waals surface area contributed by atoms with Crippen LogP contribution in [-0.2, 0) is 29.2 Å². The highest BCUT2D eigenvalue weighted by Gasteiger charge is 2.68. The van der Waals surface area contributed by atoms with Crippen LogP contribution in [0.5, 0.6) is 0 Å². The van der Waals surface area contributed by atoms with E-state index in [4.69, 9.17) is 0 Å². The molecule has 1 atom stereocenters. The maximum Gasteiger partial charge on any atom is 0.466 e. The normalized spacial score (nSPS) is 15.2. The van der Waals surface area contributed by atoms with Crippen molar-refractivity contribution in [3.8, 4) is 0 Å². The molecule has 1 unspecified atom stereocenters. The van der Waals surface area contributed by atoms with E-state index in [0.29, 0.717) is 4.90 Å². The highest BCUT2D eigenvalue weighted by Crippen LogP contribution is 2.42. The Bertz CT molecular complexity index is 928. The van der Waals surface area contributed by atoms with Gasteiger partial charge in [0.2, 0.25) is 0 Å². The third-order valence-corrected chi connectivity index (χ3v) is 5.36. The number of esters is 1. The molecule has 0 saturated carbocycles. The molecule has 0 spiro atoms. The van der Waals surface area contributed by atoms with Gasteiger partial charge in [-0.25, -0.2) is 13.2 Å². The van der Waals surface area contributed by atoms with E-state index in [1.165, 1.54) is 13.8 Å². The number of carbonyl (C=O) groups excluding carboxylic acids is 2. The summed E-state index contributed by atoms with van der Waals surface area (Å²) >= 11 is 0. The molecule has 0 bridgehead atoms. The van der Waals surface area contributed by atoms with E-state index in [9.17, 15) is 66.5 Å². The molecule has 8 nitrogen and oxygen atoms in total. The Kier molecular flexibility index (Phi) is 11.4. The van der Waals surface area contributed by atoms with Gasteiger partial charge in [0, 0.05) is 19.5 Å². The Labute approximate surface area is 204 Å². The number of carbonyl (C=O) groups is 2. The summed E-state index contributed by atoms with van der Waals surface area (Å²) in [6.07, 6.45) is -15.7. The number of halogens is 10. The molecule has 0 aromatic carbocycles. The van der Waals surface area contributed by atoms with E-state index in [2.05, 4.69) is 16.1 Å². The molecule has 37 heavy (non-hydrogen) atoms. The Morgan fingerprint density at radius 1 is 0.919 bits per heavy atom. The van der Waals surface area contributed by atoms with Crippen LogP contribution >= 0.6 is 0 Å².